The predicted octanol–water partition coefficient (Wildman–Crippen LogP) is 7.17. The van der Waals surface area contributed by atoms with Gasteiger partial charge in [0.05, 0.1) is 13.2 Å². The first-order chi connectivity index (χ1) is 21.8. The fourth-order valence-electron chi connectivity index (χ4n) is 4.52. The first kappa shape index (κ1) is 33.0. The van der Waals surface area contributed by atoms with Gasteiger partial charge < -0.3 is 9.47 Å². The van der Waals surface area contributed by atoms with Gasteiger partial charge in [-0.2, -0.15) is 0 Å². The molecule has 0 saturated carbocycles. The molecule has 0 heterocycles. The molecule has 0 aliphatic heterocycles. The summed E-state index contributed by atoms with van der Waals surface area (Å²) in [7, 11) is 2.41. The second-order valence-corrected chi connectivity index (χ2v) is 14.1. The highest BCUT2D eigenvalue weighted by Gasteiger charge is 2.16. The van der Waals surface area contributed by atoms with Crippen LogP contribution in [0.1, 0.15) is 0 Å². The van der Waals surface area contributed by atoms with Gasteiger partial charge in [0.15, 0.2) is 0 Å². The molecule has 0 unspecified atom stereocenters. The Hall–Kier alpha value is -3.90. The van der Waals surface area contributed by atoms with Gasteiger partial charge >= 0.3 is 0 Å². The van der Waals surface area contributed by atoms with Crippen molar-refractivity contribution in [2.45, 2.75) is 0 Å². The van der Waals surface area contributed by atoms with Crippen LogP contribution < -0.4 is 31.8 Å². The lowest BCUT2D eigenvalue weighted by atomic mass is 10.4. The van der Waals surface area contributed by atoms with Crippen LogP contribution in [0.15, 0.2) is 182 Å². The Morgan fingerprint density at radius 3 is 0.591 bits per heavy atom. The number of hydrogen-bond acceptors (Lipinski definition) is 2. The first-order valence-corrected chi connectivity index (χ1v) is 17.4. The topological polar surface area (TPSA) is 18.5 Å². The highest BCUT2D eigenvalue weighted by Crippen LogP contribution is 2.33. The van der Waals surface area contributed by atoms with Crippen molar-refractivity contribution in [3.05, 3.63) is 182 Å². The third-order valence-corrected chi connectivity index (χ3v) is 11.5. The lowest BCUT2D eigenvalue weighted by Gasteiger charge is -2.18. The molecule has 0 radical (unpaired) electrons. The van der Waals surface area contributed by atoms with Crippen molar-refractivity contribution in [2.24, 2.45) is 0 Å². The quantitative estimate of drug-likeness (QED) is 0.127. The highest BCUT2D eigenvalue weighted by atomic mass is 31.1. The zero-order valence-electron chi connectivity index (χ0n) is 25.4. The average molecular weight is 615 g/mol. The molecular weight excluding hydrogens is 574 g/mol. The molecule has 222 valence electrons. The molecular formula is C40H40O2P2. The standard InChI is InChI=1S/2C18H15P.C4H10O2/c2*1-4-10-16(11-5-1)19(17-12-6-2-7-13-17)18-14-8-3-9-15-18;1-5-3-4-6-2/h2*1-15H;3-4H2,1-2H3. The normalized spacial score (nSPS) is 10.4. The SMILES string of the molecule is COCCOC.c1ccc(P(c2ccccc2)c2ccccc2)cc1.c1ccc(P(c2ccccc2)c2ccccc2)cc1. The van der Waals surface area contributed by atoms with Crippen LogP contribution in [0, 0.1) is 0 Å². The van der Waals surface area contributed by atoms with E-state index in [9.17, 15) is 0 Å². The van der Waals surface area contributed by atoms with E-state index in [1.807, 2.05) is 0 Å². The van der Waals surface area contributed by atoms with Gasteiger partial charge in [0, 0.05) is 14.2 Å². The van der Waals surface area contributed by atoms with Gasteiger partial charge in [-0.25, -0.2) is 0 Å². The molecule has 4 heteroatoms. The van der Waals surface area contributed by atoms with Gasteiger partial charge in [-0.15, -0.1) is 0 Å². The molecule has 0 bridgehead atoms. The van der Waals surface area contributed by atoms with Crippen molar-refractivity contribution < 1.29 is 9.47 Å². The van der Waals surface area contributed by atoms with Crippen molar-refractivity contribution >= 4 is 47.7 Å². The van der Waals surface area contributed by atoms with Crippen LogP contribution in [0.4, 0.5) is 0 Å². The van der Waals surface area contributed by atoms with E-state index in [-0.39, 0.29) is 0 Å². The second-order valence-electron chi connectivity index (χ2n) is 9.67. The van der Waals surface area contributed by atoms with Gasteiger partial charge in [0.2, 0.25) is 0 Å². The van der Waals surface area contributed by atoms with E-state index >= 15 is 0 Å². The summed E-state index contributed by atoms with van der Waals surface area (Å²) in [5.74, 6) is 0. The van der Waals surface area contributed by atoms with Gasteiger partial charge in [-0.05, 0) is 47.7 Å². The van der Waals surface area contributed by atoms with Gasteiger partial charge in [-0.3, -0.25) is 0 Å². The Bertz CT molecular complexity index is 1240. The molecule has 6 aromatic carbocycles. The smallest absolute Gasteiger partial charge is 0.0696 e. The van der Waals surface area contributed by atoms with Crippen molar-refractivity contribution in [1.29, 1.82) is 0 Å². The van der Waals surface area contributed by atoms with Crippen LogP contribution in [0.25, 0.3) is 0 Å². The molecule has 6 aromatic rings. The summed E-state index contributed by atoms with van der Waals surface area (Å²) in [4.78, 5) is 0. The summed E-state index contributed by atoms with van der Waals surface area (Å²) >= 11 is 0. The maximum atomic E-state index is 4.66. The molecule has 0 amide bonds. The Kier molecular flexibility index (Phi) is 14.5. The number of rotatable bonds is 9. The van der Waals surface area contributed by atoms with Gasteiger partial charge in [0.1, 0.15) is 0 Å². The molecule has 0 aromatic heterocycles. The largest absolute Gasteiger partial charge is 0.382 e. The molecule has 0 aliphatic rings. The fraction of sp³-hybridized carbons (Fsp3) is 0.100. The van der Waals surface area contributed by atoms with Crippen LogP contribution in [0.5, 0.6) is 0 Å². The second kappa shape index (κ2) is 19.4. The van der Waals surface area contributed by atoms with E-state index in [0.29, 0.717) is 13.2 Å². The molecule has 0 spiro atoms. The van der Waals surface area contributed by atoms with E-state index in [4.69, 9.17) is 0 Å². The van der Waals surface area contributed by atoms with E-state index in [1.165, 1.54) is 31.8 Å². The predicted molar refractivity (Wildman–Crippen MR) is 194 cm³/mol. The summed E-state index contributed by atoms with van der Waals surface area (Å²) in [6, 6.07) is 64.7. The maximum Gasteiger partial charge on any atom is 0.0696 e. The van der Waals surface area contributed by atoms with Crippen LogP contribution in [0.2, 0.25) is 0 Å². The number of ether oxygens (including phenoxy) is 2. The van der Waals surface area contributed by atoms with E-state index in [0.717, 1.165) is 0 Å². The van der Waals surface area contributed by atoms with Crippen molar-refractivity contribution in [2.75, 3.05) is 27.4 Å². The van der Waals surface area contributed by atoms with E-state index < -0.39 is 15.8 Å². The molecule has 0 aliphatic carbocycles. The molecule has 0 fully saturated rings. The summed E-state index contributed by atoms with van der Waals surface area (Å²) in [5, 5.41) is 8.39. The maximum absolute atomic E-state index is 4.66. The summed E-state index contributed by atoms with van der Waals surface area (Å²) in [6.07, 6.45) is 0. The Morgan fingerprint density at radius 1 is 0.295 bits per heavy atom. The Morgan fingerprint density at radius 2 is 0.455 bits per heavy atom. The molecule has 0 N–H and O–H groups in total. The number of hydrogen-bond donors (Lipinski definition) is 0. The van der Waals surface area contributed by atoms with Crippen LogP contribution >= 0.6 is 15.8 Å². The van der Waals surface area contributed by atoms with Gasteiger partial charge in [-0.1, -0.05) is 182 Å². The minimum absolute atomic E-state index is 0.446. The third kappa shape index (κ3) is 10.4. The molecule has 2 nitrogen and oxygen atoms in total. The van der Waals surface area contributed by atoms with Gasteiger partial charge in [0.25, 0.3) is 0 Å². The Balaban J connectivity index is 0.000000170. The van der Waals surface area contributed by atoms with Crippen molar-refractivity contribution in [3.8, 4) is 0 Å². The lowest BCUT2D eigenvalue weighted by Crippen LogP contribution is -2.20. The summed E-state index contributed by atoms with van der Waals surface area (Å²) in [5.41, 5.74) is 0. The number of methoxy groups -OCH3 is 2. The van der Waals surface area contributed by atoms with Crippen LogP contribution in [-0.4, -0.2) is 27.4 Å². The molecule has 6 rings (SSSR count). The fourth-order valence-corrected chi connectivity index (χ4v) is 9.13. The number of benzene rings is 6. The molecule has 0 saturated heterocycles. The first-order valence-electron chi connectivity index (χ1n) is 14.7. The minimum Gasteiger partial charge on any atom is -0.382 e. The third-order valence-electron chi connectivity index (χ3n) is 6.58. The summed E-state index contributed by atoms with van der Waals surface area (Å²) in [6.45, 7) is 1.38. The van der Waals surface area contributed by atoms with E-state index in [2.05, 4.69) is 191 Å². The lowest BCUT2D eigenvalue weighted by molar-refractivity contribution is 0.103. The van der Waals surface area contributed by atoms with Crippen molar-refractivity contribution in [1.82, 2.24) is 0 Å². The monoisotopic (exact) mass is 614 g/mol. The average Bonchev–Trinajstić information content (AvgIpc) is 3.11. The summed E-state index contributed by atoms with van der Waals surface area (Å²) < 4.78 is 9.31. The van der Waals surface area contributed by atoms with E-state index in [1.54, 1.807) is 14.2 Å². The minimum atomic E-state index is -0.446. The highest BCUT2D eigenvalue weighted by molar-refractivity contribution is 7.80. The van der Waals surface area contributed by atoms with Crippen LogP contribution in [-0.2, 0) is 9.47 Å². The molecule has 0 atom stereocenters. The zero-order valence-corrected chi connectivity index (χ0v) is 27.2. The van der Waals surface area contributed by atoms with Crippen molar-refractivity contribution in [3.63, 3.8) is 0 Å². The zero-order chi connectivity index (χ0) is 30.7. The van der Waals surface area contributed by atoms with Crippen LogP contribution in [0.3, 0.4) is 0 Å². The molecule has 44 heavy (non-hydrogen) atoms. The Labute approximate surface area is 265 Å².